The molecule has 1 saturated carbocycles. The van der Waals surface area contributed by atoms with E-state index in [1.807, 2.05) is 43.3 Å². The monoisotopic (exact) mass is 468 g/mol. The molecular formula is C26H26Cl2N2O2. The molecule has 1 N–H and O–H groups in total. The van der Waals surface area contributed by atoms with Crippen LogP contribution in [0.3, 0.4) is 0 Å². The summed E-state index contributed by atoms with van der Waals surface area (Å²) in [5.74, 6) is 1.66. The summed E-state index contributed by atoms with van der Waals surface area (Å²) < 4.78 is 5.23. The van der Waals surface area contributed by atoms with E-state index in [2.05, 4.69) is 28.7 Å². The first-order valence-electron chi connectivity index (χ1n) is 11.2. The maximum absolute atomic E-state index is 13.3. The van der Waals surface area contributed by atoms with Gasteiger partial charge in [-0.1, -0.05) is 52.6 Å². The number of hydrogen-bond donors (Lipinski definition) is 1. The Morgan fingerprint density at radius 2 is 1.88 bits per heavy atom. The Hall–Kier alpha value is -2.30. The predicted octanol–water partition coefficient (Wildman–Crippen LogP) is 6.31. The van der Waals surface area contributed by atoms with Crippen molar-refractivity contribution in [3.8, 4) is 0 Å². The molecule has 2 heterocycles. The zero-order chi connectivity index (χ0) is 22.2. The Labute approximate surface area is 198 Å². The lowest BCUT2D eigenvalue weighted by Gasteiger charge is -2.41. The smallest absolute Gasteiger partial charge is 0.223 e. The number of rotatable bonds is 6. The van der Waals surface area contributed by atoms with Gasteiger partial charge in [0.2, 0.25) is 5.91 Å². The molecule has 1 aromatic heterocycles. The molecule has 2 aromatic carbocycles. The van der Waals surface area contributed by atoms with Gasteiger partial charge in [0.15, 0.2) is 0 Å². The average molecular weight is 469 g/mol. The minimum atomic E-state index is -0.162. The molecular weight excluding hydrogens is 443 g/mol. The number of amides is 1. The number of nitrogens with one attached hydrogen (secondary N) is 1. The average Bonchev–Trinajstić information content (AvgIpc) is 3.52. The number of carbonyl (C=O) groups is 1. The standard InChI is InChI=1S/C26H26Cl2N2O2/c1-15-11-22(30-32-15)13-19-14-23(18-3-2-4-21(28)12-18)25(29-26(19)31)24(16-5-6-16)17-7-9-20(27)10-8-17/h2-4,7-12,16,19,23-25H,5-6,13-14H2,1H3,(H,29,31)/t19-,23-,24?,25+/m1/s1. The molecule has 2 aliphatic rings. The van der Waals surface area contributed by atoms with Crippen LogP contribution >= 0.6 is 23.2 Å². The van der Waals surface area contributed by atoms with Gasteiger partial charge in [-0.15, -0.1) is 0 Å². The number of aromatic nitrogens is 1. The van der Waals surface area contributed by atoms with E-state index in [1.54, 1.807) is 0 Å². The largest absolute Gasteiger partial charge is 0.361 e. The first-order valence-corrected chi connectivity index (χ1v) is 12.0. The van der Waals surface area contributed by atoms with Gasteiger partial charge in [0.05, 0.1) is 5.69 Å². The first kappa shape index (κ1) is 21.5. The van der Waals surface area contributed by atoms with Crippen LogP contribution in [-0.2, 0) is 11.2 Å². The van der Waals surface area contributed by atoms with Crippen molar-refractivity contribution in [3.63, 3.8) is 0 Å². The number of halogens is 2. The van der Waals surface area contributed by atoms with Crippen molar-refractivity contribution in [2.75, 3.05) is 0 Å². The molecule has 3 aromatic rings. The SMILES string of the molecule is Cc1cc(C[C@@H]2C[C@H](c3cccc(Cl)c3)[C@@H](C(c3ccc(Cl)cc3)C3CC3)NC2=O)no1. The fraction of sp³-hybridized carbons (Fsp3) is 0.385. The molecule has 1 saturated heterocycles. The van der Waals surface area contributed by atoms with E-state index in [9.17, 15) is 4.79 Å². The summed E-state index contributed by atoms with van der Waals surface area (Å²) in [4.78, 5) is 13.3. The number of hydrogen-bond acceptors (Lipinski definition) is 3. The summed E-state index contributed by atoms with van der Waals surface area (Å²) in [5.41, 5.74) is 3.23. The lowest BCUT2D eigenvalue weighted by atomic mass is 9.71. The van der Waals surface area contributed by atoms with Crippen LogP contribution in [0.2, 0.25) is 10.0 Å². The van der Waals surface area contributed by atoms with Crippen molar-refractivity contribution < 1.29 is 9.32 Å². The molecule has 0 spiro atoms. The Balaban J connectivity index is 1.49. The normalized spacial score (nSPS) is 24.2. The van der Waals surface area contributed by atoms with Gasteiger partial charge >= 0.3 is 0 Å². The molecule has 2 fully saturated rings. The predicted molar refractivity (Wildman–Crippen MR) is 126 cm³/mol. The molecule has 4 atom stereocenters. The van der Waals surface area contributed by atoms with Gasteiger partial charge < -0.3 is 9.84 Å². The first-order chi connectivity index (χ1) is 15.5. The number of carbonyl (C=O) groups excluding carboxylic acids is 1. The van der Waals surface area contributed by atoms with Crippen molar-refractivity contribution in [1.82, 2.24) is 10.5 Å². The molecule has 0 bridgehead atoms. The summed E-state index contributed by atoms with van der Waals surface area (Å²) in [6.45, 7) is 1.87. The fourth-order valence-electron chi connectivity index (χ4n) is 5.22. The molecule has 0 radical (unpaired) electrons. The van der Waals surface area contributed by atoms with Crippen LogP contribution in [0.5, 0.6) is 0 Å². The summed E-state index contributed by atoms with van der Waals surface area (Å²) >= 11 is 12.5. The maximum Gasteiger partial charge on any atom is 0.223 e. The molecule has 1 amide bonds. The molecule has 1 unspecified atom stereocenters. The van der Waals surface area contributed by atoms with E-state index in [1.165, 1.54) is 24.0 Å². The van der Waals surface area contributed by atoms with Gasteiger partial charge in [0.25, 0.3) is 0 Å². The molecule has 6 heteroatoms. The van der Waals surface area contributed by atoms with E-state index >= 15 is 0 Å². The molecule has 1 aliphatic heterocycles. The molecule has 1 aliphatic carbocycles. The summed E-state index contributed by atoms with van der Waals surface area (Å²) in [6.07, 6.45) is 3.69. The van der Waals surface area contributed by atoms with E-state index in [4.69, 9.17) is 27.7 Å². The van der Waals surface area contributed by atoms with Crippen molar-refractivity contribution in [3.05, 3.63) is 87.2 Å². The zero-order valence-electron chi connectivity index (χ0n) is 17.9. The highest BCUT2D eigenvalue weighted by Crippen LogP contribution is 2.50. The number of aryl methyl sites for hydroxylation is 1. The Bertz CT molecular complexity index is 1110. The van der Waals surface area contributed by atoms with E-state index < -0.39 is 0 Å². The van der Waals surface area contributed by atoms with Crippen LogP contribution in [0.1, 0.15) is 53.7 Å². The van der Waals surface area contributed by atoms with Crippen LogP contribution in [0.15, 0.2) is 59.1 Å². The van der Waals surface area contributed by atoms with Crippen molar-refractivity contribution in [1.29, 1.82) is 0 Å². The van der Waals surface area contributed by atoms with E-state index in [0.29, 0.717) is 12.3 Å². The topological polar surface area (TPSA) is 55.1 Å². The minimum absolute atomic E-state index is 0.00457. The third-order valence-electron chi connectivity index (χ3n) is 6.83. The summed E-state index contributed by atoms with van der Waals surface area (Å²) in [5, 5.41) is 8.98. The van der Waals surface area contributed by atoms with Crippen molar-refractivity contribution in [2.45, 2.75) is 50.5 Å². The Kier molecular flexibility index (Phi) is 6.00. The van der Waals surface area contributed by atoms with Crippen LogP contribution in [-0.4, -0.2) is 17.1 Å². The minimum Gasteiger partial charge on any atom is -0.361 e. The second kappa shape index (κ2) is 8.92. The van der Waals surface area contributed by atoms with Crippen LogP contribution in [0.4, 0.5) is 0 Å². The van der Waals surface area contributed by atoms with Gasteiger partial charge in [-0.25, -0.2) is 0 Å². The van der Waals surface area contributed by atoms with Gasteiger partial charge in [-0.3, -0.25) is 4.79 Å². The second-order valence-electron chi connectivity index (χ2n) is 9.18. The lowest BCUT2D eigenvalue weighted by Crippen LogP contribution is -2.52. The molecule has 5 rings (SSSR count). The van der Waals surface area contributed by atoms with Gasteiger partial charge in [-0.05, 0) is 67.5 Å². The second-order valence-corrected chi connectivity index (χ2v) is 10.0. The molecule has 4 nitrogen and oxygen atoms in total. The third-order valence-corrected chi connectivity index (χ3v) is 7.32. The highest BCUT2D eigenvalue weighted by molar-refractivity contribution is 6.30. The Morgan fingerprint density at radius 1 is 1.09 bits per heavy atom. The number of benzene rings is 2. The Morgan fingerprint density at radius 3 is 2.53 bits per heavy atom. The van der Waals surface area contributed by atoms with E-state index in [-0.39, 0.29) is 29.7 Å². The molecule has 166 valence electrons. The quantitative estimate of drug-likeness (QED) is 0.460. The van der Waals surface area contributed by atoms with Crippen molar-refractivity contribution in [2.24, 2.45) is 11.8 Å². The molecule has 32 heavy (non-hydrogen) atoms. The van der Waals surface area contributed by atoms with Gasteiger partial charge in [0, 0.05) is 46.3 Å². The van der Waals surface area contributed by atoms with Gasteiger partial charge in [0.1, 0.15) is 5.76 Å². The van der Waals surface area contributed by atoms with Crippen LogP contribution in [0.25, 0.3) is 0 Å². The fourth-order valence-corrected chi connectivity index (χ4v) is 5.54. The highest BCUT2D eigenvalue weighted by Gasteiger charge is 2.46. The number of piperidine rings is 1. The highest BCUT2D eigenvalue weighted by atomic mass is 35.5. The van der Waals surface area contributed by atoms with Crippen LogP contribution in [0, 0.1) is 18.8 Å². The summed E-state index contributed by atoms with van der Waals surface area (Å²) in [7, 11) is 0. The third kappa shape index (κ3) is 4.57. The van der Waals surface area contributed by atoms with Gasteiger partial charge in [-0.2, -0.15) is 0 Å². The lowest BCUT2D eigenvalue weighted by molar-refractivity contribution is -0.128. The van der Waals surface area contributed by atoms with E-state index in [0.717, 1.165) is 27.9 Å². The maximum atomic E-state index is 13.3. The summed E-state index contributed by atoms with van der Waals surface area (Å²) in [6, 6.07) is 18.1. The number of nitrogens with zero attached hydrogens (tertiary/aromatic N) is 1. The zero-order valence-corrected chi connectivity index (χ0v) is 19.4. The van der Waals surface area contributed by atoms with Crippen LogP contribution < -0.4 is 5.32 Å². The van der Waals surface area contributed by atoms with Crippen molar-refractivity contribution >= 4 is 29.1 Å².